The number of likely N-dealkylation sites (tertiary alicyclic amines) is 1. The quantitative estimate of drug-likeness (QED) is 0.810. The van der Waals surface area contributed by atoms with Gasteiger partial charge in [-0.3, -0.25) is 9.59 Å². The van der Waals surface area contributed by atoms with Crippen LogP contribution in [0, 0.1) is 5.92 Å². The first-order chi connectivity index (χ1) is 13.6. The minimum atomic E-state index is -0.0673. The van der Waals surface area contributed by atoms with Crippen LogP contribution >= 0.6 is 0 Å². The van der Waals surface area contributed by atoms with E-state index in [-0.39, 0.29) is 17.7 Å². The topological polar surface area (TPSA) is 71.1 Å². The van der Waals surface area contributed by atoms with Crippen molar-refractivity contribution >= 4 is 17.5 Å². The maximum atomic E-state index is 12.8. The zero-order chi connectivity index (χ0) is 19.9. The molecule has 2 heterocycles. The highest BCUT2D eigenvalue weighted by Crippen LogP contribution is 2.29. The van der Waals surface area contributed by atoms with Crippen LogP contribution in [0.15, 0.2) is 18.2 Å². The van der Waals surface area contributed by atoms with Crippen molar-refractivity contribution in [2.75, 3.05) is 45.2 Å². The molecule has 1 aromatic rings. The van der Waals surface area contributed by atoms with Gasteiger partial charge in [-0.05, 0) is 57.2 Å². The van der Waals surface area contributed by atoms with E-state index < -0.39 is 0 Å². The SMILES string of the molecule is CCOc1ccc(C(=O)N2CCCCC2)cc1NC(=O)C1CCN(OC)CC1. The van der Waals surface area contributed by atoms with Crippen molar-refractivity contribution in [3.05, 3.63) is 23.8 Å². The molecule has 2 fully saturated rings. The van der Waals surface area contributed by atoms with E-state index in [1.54, 1.807) is 25.3 Å². The van der Waals surface area contributed by atoms with Gasteiger partial charge < -0.3 is 19.8 Å². The minimum absolute atomic E-state index is 0.0200. The standard InChI is InChI=1S/C21H31N3O4/c1-3-28-19-8-7-17(21(26)23-11-5-4-6-12-23)15-18(19)22-20(25)16-9-13-24(27-2)14-10-16/h7-8,15-16H,3-6,9-14H2,1-2H3,(H,22,25). The molecular weight excluding hydrogens is 358 g/mol. The molecule has 2 aliphatic rings. The minimum Gasteiger partial charge on any atom is -0.492 e. The number of nitrogens with zero attached hydrogens (tertiary/aromatic N) is 2. The molecule has 1 aromatic carbocycles. The Hall–Kier alpha value is -2.12. The van der Waals surface area contributed by atoms with Gasteiger partial charge in [0.15, 0.2) is 0 Å². The van der Waals surface area contributed by atoms with Crippen molar-refractivity contribution in [1.82, 2.24) is 9.96 Å². The lowest BCUT2D eigenvalue weighted by Crippen LogP contribution is -2.37. The number of anilines is 1. The molecular formula is C21H31N3O4. The Morgan fingerprint density at radius 1 is 1.11 bits per heavy atom. The average molecular weight is 389 g/mol. The molecule has 7 nitrogen and oxygen atoms in total. The van der Waals surface area contributed by atoms with Gasteiger partial charge in [0.1, 0.15) is 5.75 Å². The Bertz CT molecular complexity index is 680. The predicted octanol–water partition coefficient (Wildman–Crippen LogP) is 2.92. The number of rotatable bonds is 6. The van der Waals surface area contributed by atoms with E-state index in [1.807, 2.05) is 16.9 Å². The molecule has 28 heavy (non-hydrogen) atoms. The van der Waals surface area contributed by atoms with Crippen LogP contribution in [0.3, 0.4) is 0 Å². The van der Waals surface area contributed by atoms with E-state index in [9.17, 15) is 9.59 Å². The van der Waals surface area contributed by atoms with Crippen molar-refractivity contribution in [1.29, 1.82) is 0 Å². The van der Waals surface area contributed by atoms with Crippen LogP contribution in [-0.2, 0) is 9.63 Å². The summed E-state index contributed by atoms with van der Waals surface area (Å²) in [6.45, 7) is 5.46. The van der Waals surface area contributed by atoms with Gasteiger partial charge in [-0.25, -0.2) is 0 Å². The summed E-state index contributed by atoms with van der Waals surface area (Å²) < 4.78 is 5.67. The smallest absolute Gasteiger partial charge is 0.253 e. The van der Waals surface area contributed by atoms with Gasteiger partial charge in [-0.1, -0.05) is 0 Å². The molecule has 0 radical (unpaired) electrons. The Morgan fingerprint density at radius 2 is 1.82 bits per heavy atom. The zero-order valence-electron chi connectivity index (χ0n) is 16.9. The molecule has 0 saturated carbocycles. The largest absolute Gasteiger partial charge is 0.492 e. The van der Waals surface area contributed by atoms with Crippen molar-refractivity contribution in [3.63, 3.8) is 0 Å². The van der Waals surface area contributed by atoms with Crippen LogP contribution in [-0.4, -0.2) is 61.7 Å². The van der Waals surface area contributed by atoms with E-state index in [1.165, 1.54) is 6.42 Å². The normalized spacial score (nSPS) is 18.7. The van der Waals surface area contributed by atoms with Crippen LogP contribution in [0.4, 0.5) is 5.69 Å². The second-order valence-electron chi connectivity index (χ2n) is 7.37. The van der Waals surface area contributed by atoms with Gasteiger partial charge in [-0.15, -0.1) is 0 Å². The lowest BCUT2D eigenvalue weighted by molar-refractivity contribution is -0.152. The van der Waals surface area contributed by atoms with Crippen molar-refractivity contribution in [2.24, 2.45) is 5.92 Å². The molecule has 2 saturated heterocycles. The summed E-state index contributed by atoms with van der Waals surface area (Å²) in [5.41, 5.74) is 1.17. The number of ether oxygens (including phenoxy) is 1. The summed E-state index contributed by atoms with van der Waals surface area (Å²) in [5, 5.41) is 4.87. The lowest BCUT2D eigenvalue weighted by Gasteiger charge is -2.29. The van der Waals surface area contributed by atoms with Gasteiger partial charge >= 0.3 is 0 Å². The number of hydrogen-bond acceptors (Lipinski definition) is 5. The number of hydrogen-bond donors (Lipinski definition) is 1. The Kier molecular flexibility index (Phi) is 7.28. The summed E-state index contributed by atoms with van der Waals surface area (Å²) in [4.78, 5) is 32.7. The van der Waals surface area contributed by atoms with E-state index in [0.29, 0.717) is 23.6 Å². The van der Waals surface area contributed by atoms with Crippen LogP contribution in [0.1, 0.15) is 49.4 Å². The van der Waals surface area contributed by atoms with Crippen molar-refractivity contribution < 1.29 is 19.2 Å². The second-order valence-corrected chi connectivity index (χ2v) is 7.37. The average Bonchev–Trinajstić information content (AvgIpc) is 2.75. The highest BCUT2D eigenvalue weighted by molar-refractivity contribution is 5.99. The monoisotopic (exact) mass is 389 g/mol. The molecule has 0 spiro atoms. The van der Waals surface area contributed by atoms with E-state index in [0.717, 1.165) is 51.9 Å². The van der Waals surface area contributed by atoms with Crippen LogP contribution in [0.2, 0.25) is 0 Å². The van der Waals surface area contributed by atoms with E-state index >= 15 is 0 Å². The third kappa shape index (κ3) is 5.02. The molecule has 7 heteroatoms. The van der Waals surface area contributed by atoms with Gasteiger partial charge in [0.25, 0.3) is 5.91 Å². The fraction of sp³-hybridized carbons (Fsp3) is 0.619. The molecule has 0 atom stereocenters. The van der Waals surface area contributed by atoms with Crippen LogP contribution in [0.5, 0.6) is 5.75 Å². The summed E-state index contributed by atoms with van der Waals surface area (Å²) in [6, 6.07) is 5.32. The molecule has 0 bridgehead atoms. The maximum Gasteiger partial charge on any atom is 0.253 e. The summed E-state index contributed by atoms with van der Waals surface area (Å²) >= 11 is 0. The van der Waals surface area contributed by atoms with Crippen molar-refractivity contribution in [2.45, 2.75) is 39.0 Å². The second kappa shape index (κ2) is 9.89. The first-order valence-electron chi connectivity index (χ1n) is 10.3. The molecule has 1 N–H and O–H groups in total. The highest BCUT2D eigenvalue weighted by Gasteiger charge is 2.26. The van der Waals surface area contributed by atoms with E-state index in [4.69, 9.17) is 9.57 Å². The van der Waals surface area contributed by atoms with Crippen LogP contribution < -0.4 is 10.1 Å². The van der Waals surface area contributed by atoms with Gasteiger partial charge in [-0.2, -0.15) is 5.06 Å². The number of nitrogens with one attached hydrogen (secondary N) is 1. The highest BCUT2D eigenvalue weighted by atomic mass is 16.7. The summed E-state index contributed by atoms with van der Waals surface area (Å²) in [5.74, 6) is 0.522. The lowest BCUT2D eigenvalue weighted by atomic mass is 9.97. The Balaban J connectivity index is 1.72. The van der Waals surface area contributed by atoms with Gasteiger partial charge in [0, 0.05) is 37.7 Å². The van der Waals surface area contributed by atoms with Crippen molar-refractivity contribution in [3.8, 4) is 5.75 Å². The molecule has 2 aliphatic heterocycles. The first kappa shape index (κ1) is 20.6. The Labute approximate surface area is 166 Å². The predicted molar refractivity (Wildman–Crippen MR) is 107 cm³/mol. The molecule has 2 amide bonds. The van der Waals surface area contributed by atoms with E-state index in [2.05, 4.69) is 5.32 Å². The van der Waals surface area contributed by atoms with Gasteiger partial charge in [0.05, 0.1) is 19.4 Å². The third-order valence-electron chi connectivity index (χ3n) is 5.51. The summed E-state index contributed by atoms with van der Waals surface area (Å²) in [7, 11) is 1.65. The van der Waals surface area contributed by atoms with Crippen LogP contribution in [0.25, 0.3) is 0 Å². The molecule has 0 aromatic heterocycles. The number of hydroxylamine groups is 2. The number of benzene rings is 1. The number of carbonyl (C=O) groups is 2. The zero-order valence-corrected chi connectivity index (χ0v) is 16.9. The first-order valence-corrected chi connectivity index (χ1v) is 10.3. The Morgan fingerprint density at radius 3 is 2.46 bits per heavy atom. The number of piperidine rings is 2. The summed E-state index contributed by atoms with van der Waals surface area (Å²) in [6.07, 6.45) is 4.77. The fourth-order valence-corrected chi connectivity index (χ4v) is 3.86. The number of amides is 2. The molecule has 154 valence electrons. The molecule has 3 rings (SSSR count). The van der Waals surface area contributed by atoms with Gasteiger partial charge in [0.2, 0.25) is 5.91 Å². The third-order valence-corrected chi connectivity index (χ3v) is 5.51. The number of carbonyl (C=O) groups excluding carboxylic acids is 2. The fourth-order valence-electron chi connectivity index (χ4n) is 3.86. The molecule has 0 unspecified atom stereocenters. The molecule has 0 aliphatic carbocycles. The maximum absolute atomic E-state index is 12.8.